The number of rotatable bonds is 1. The summed E-state index contributed by atoms with van der Waals surface area (Å²) in [4.78, 5) is 14.5. The summed E-state index contributed by atoms with van der Waals surface area (Å²) >= 11 is 0. The predicted octanol–water partition coefficient (Wildman–Crippen LogP) is 2.00. The molecule has 2 saturated heterocycles. The Bertz CT molecular complexity index is 472. The first kappa shape index (κ1) is 14.4. The highest BCUT2D eigenvalue weighted by atomic mass is 35.5. The molecule has 2 unspecified atom stereocenters. The number of aryl methyl sites for hydroxylation is 2. The number of amides is 1. The second-order valence-electron chi connectivity index (χ2n) is 5.55. The van der Waals surface area contributed by atoms with Gasteiger partial charge in [0.05, 0.1) is 5.56 Å². The van der Waals surface area contributed by atoms with Crippen LogP contribution in [0.3, 0.4) is 0 Å². The molecule has 19 heavy (non-hydrogen) atoms. The minimum Gasteiger partial charge on any atom is -0.466 e. The molecule has 0 bridgehead atoms. The van der Waals surface area contributed by atoms with Gasteiger partial charge in [-0.15, -0.1) is 12.4 Å². The maximum atomic E-state index is 12.5. The zero-order chi connectivity index (χ0) is 12.7. The SMILES string of the molecule is Cc1cc(C(=O)N2CCC3CNCC3C2)c(C)o1.Cl. The second kappa shape index (κ2) is 5.55. The Balaban J connectivity index is 0.00000133. The molecule has 1 amide bonds. The van der Waals surface area contributed by atoms with Crippen LogP contribution in [0, 0.1) is 25.7 Å². The Morgan fingerprint density at radius 2 is 2.11 bits per heavy atom. The summed E-state index contributed by atoms with van der Waals surface area (Å²) in [5.41, 5.74) is 0.733. The molecule has 0 aliphatic carbocycles. The van der Waals surface area contributed by atoms with Crippen molar-refractivity contribution in [2.45, 2.75) is 20.3 Å². The number of hydrogen-bond donors (Lipinski definition) is 1. The van der Waals surface area contributed by atoms with Crippen LogP contribution in [-0.4, -0.2) is 37.0 Å². The van der Waals surface area contributed by atoms with E-state index >= 15 is 0 Å². The summed E-state index contributed by atoms with van der Waals surface area (Å²) < 4.78 is 5.45. The molecule has 0 radical (unpaired) electrons. The number of fused-ring (bicyclic) bond motifs is 1. The van der Waals surface area contributed by atoms with Gasteiger partial charge in [0.2, 0.25) is 0 Å². The number of carbonyl (C=O) groups is 1. The molecular weight excluding hydrogens is 264 g/mol. The van der Waals surface area contributed by atoms with Gasteiger partial charge >= 0.3 is 0 Å². The van der Waals surface area contributed by atoms with Gasteiger partial charge in [0, 0.05) is 13.1 Å². The van der Waals surface area contributed by atoms with Crippen molar-refractivity contribution >= 4 is 18.3 Å². The maximum absolute atomic E-state index is 12.5. The lowest BCUT2D eigenvalue weighted by Crippen LogP contribution is -2.43. The average Bonchev–Trinajstić information content (AvgIpc) is 2.93. The third-order valence-corrected chi connectivity index (χ3v) is 4.26. The van der Waals surface area contributed by atoms with Gasteiger partial charge in [-0.2, -0.15) is 0 Å². The maximum Gasteiger partial charge on any atom is 0.257 e. The molecule has 2 fully saturated rings. The lowest BCUT2D eigenvalue weighted by Gasteiger charge is -2.34. The molecule has 0 aromatic carbocycles. The lowest BCUT2D eigenvalue weighted by molar-refractivity contribution is 0.0641. The third kappa shape index (κ3) is 2.65. The van der Waals surface area contributed by atoms with Crippen LogP contribution in [-0.2, 0) is 0 Å². The number of nitrogens with zero attached hydrogens (tertiary/aromatic N) is 1. The monoisotopic (exact) mass is 284 g/mol. The largest absolute Gasteiger partial charge is 0.466 e. The Kier molecular flexibility index (Phi) is 4.21. The van der Waals surface area contributed by atoms with Gasteiger partial charge in [-0.05, 0) is 51.3 Å². The van der Waals surface area contributed by atoms with E-state index in [-0.39, 0.29) is 18.3 Å². The quantitative estimate of drug-likeness (QED) is 0.858. The van der Waals surface area contributed by atoms with E-state index in [0.717, 1.165) is 55.6 Å². The summed E-state index contributed by atoms with van der Waals surface area (Å²) in [6, 6.07) is 1.86. The second-order valence-corrected chi connectivity index (χ2v) is 5.55. The van der Waals surface area contributed by atoms with E-state index < -0.39 is 0 Å². The van der Waals surface area contributed by atoms with E-state index in [4.69, 9.17) is 4.42 Å². The average molecular weight is 285 g/mol. The topological polar surface area (TPSA) is 45.5 Å². The summed E-state index contributed by atoms with van der Waals surface area (Å²) in [6.07, 6.45) is 1.12. The van der Waals surface area contributed by atoms with Crippen molar-refractivity contribution in [3.8, 4) is 0 Å². The number of hydrogen-bond acceptors (Lipinski definition) is 3. The van der Waals surface area contributed by atoms with E-state index in [9.17, 15) is 4.79 Å². The van der Waals surface area contributed by atoms with Crippen LogP contribution in [0.25, 0.3) is 0 Å². The van der Waals surface area contributed by atoms with Crippen LogP contribution in [0.1, 0.15) is 28.3 Å². The molecule has 0 saturated carbocycles. The van der Waals surface area contributed by atoms with Crippen LogP contribution >= 0.6 is 12.4 Å². The van der Waals surface area contributed by atoms with Crippen molar-refractivity contribution in [1.82, 2.24) is 10.2 Å². The van der Waals surface area contributed by atoms with Crippen molar-refractivity contribution in [2.75, 3.05) is 26.2 Å². The normalized spacial score (nSPS) is 25.9. The fourth-order valence-electron chi connectivity index (χ4n) is 3.23. The Morgan fingerprint density at radius 1 is 1.37 bits per heavy atom. The molecule has 3 heterocycles. The molecule has 3 rings (SSSR count). The van der Waals surface area contributed by atoms with Gasteiger partial charge in [-0.25, -0.2) is 0 Å². The Labute approximate surface area is 119 Å². The summed E-state index contributed by atoms with van der Waals surface area (Å²) in [7, 11) is 0. The van der Waals surface area contributed by atoms with Gasteiger partial charge in [-0.3, -0.25) is 4.79 Å². The molecule has 106 valence electrons. The Morgan fingerprint density at radius 3 is 2.79 bits per heavy atom. The number of halogens is 1. The van der Waals surface area contributed by atoms with E-state index in [2.05, 4.69) is 5.32 Å². The molecule has 1 N–H and O–H groups in total. The minimum absolute atomic E-state index is 0. The van der Waals surface area contributed by atoms with Crippen LogP contribution in [0.2, 0.25) is 0 Å². The fourth-order valence-corrected chi connectivity index (χ4v) is 3.23. The zero-order valence-corrected chi connectivity index (χ0v) is 12.3. The summed E-state index contributed by atoms with van der Waals surface area (Å²) in [5, 5.41) is 3.42. The van der Waals surface area contributed by atoms with Gasteiger partial charge in [0.15, 0.2) is 0 Å². The van der Waals surface area contributed by atoms with Crippen LogP contribution in [0.4, 0.5) is 0 Å². The number of piperidine rings is 1. The van der Waals surface area contributed by atoms with Crippen LogP contribution < -0.4 is 5.32 Å². The van der Waals surface area contributed by atoms with Crippen molar-refractivity contribution < 1.29 is 9.21 Å². The number of furan rings is 1. The standard InChI is InChI=1S/C14H20N2O2.ClH/c1-9-5-13(10(2)18-9)14(17)16-4-3-11-6-15-7-12(11)8-16;/h5,11-12,15H,3-4,6-8H2,1-2H3;1H. The first-order valence-corrected chi connectivity index (χ1v) is 6.72. The van der Waals surface area contributed by atoms with E-state index in [1.54, 1.807) is 0 Å². The molecule has 4 nitrogen and oxygen atoms in total. The highest BCUT2D eigenvalue weighted by molar-refractivity contribution is 5.95. The molecular formula is C14H21ClN2O2. The van der Waals surface area contributed by atoms with Gasteiger partial charge < -0.3 is 14.6 Å². The summed E-state index contributed by atoms with van der Waals surface area (Å²) in [6.45, 7) is 7.70. The zero-order valence-electron chi connectivity index (χ0n) is 11.4. The number of nitrogens with one attached hydrogen (secondary N) is 1. The Hall–Kier alpha value is -1.000. The number of carbonyl (C=O) groups excluding carboxylic acids is 1. The highest BCUT2D eigenvalue weighted by Crippen LogP contribution is 2.28. The molecule has 1 aromatic rings. The minimum atomic E-state index is 0. The lowest BCUT2D eigenvalue weighted by atomic mass is 9.88. The van der Waals surface area contributed by atoms with E-state index in [1.807, 2.05) is 24.8 Å². The van der Waals surface area contributed by atoms with Crippen LogP contribution in [0.15, 0.2) is 10.5 Å². The smallest absolute Gasteiger partial charge is 0.257 e. The first-order valence-electron chi connectivity index (χ1n) is 6.72. The van der Waals surface area contributed by atoms with E-state index in [1.165, 1.54) is 0 Å². The highest BCUT2D eigenvalue weighted by Gasteiger charge is 2.35. The van der Waals surface area contributed by atoms with Crippen molar-refractivity contribution in [3.05, 3.63) is 23.2 Å². The van der Waals surface area contributed by atoms with Crippen molar-refractivity contribution in [2.24, 2.45) is 11.8 Å². The van der Waals surface area contributed by atoms with Crippen molar-refractivity contribution in [3.63, 3.8) is 0 Å². The fraction of sp³-hybridized carbons (Fsp3) is 0.643. The van der Waals surface area contributed by atoms with Gasteiger partial charge in [0.25, 0.3) is 5.91 Å². The molecule has 2 aliphatic heterocycles. The molecule has 2 aliphatic rings. The van der Waals surface area contributed by atoms with Gasteiger partial charge in [-0.1, -0.05) is 0 Å². The summed E-state index contributed by atoms with van der Waals surface area (Å²) in [5.74, 6) is 3.09. The first-order chi connectivity index (χ1) is 8.65. The molecule has 0 spiro atoms. The molecule has 2 atom stereocenters. The van der Waals surface area contributed by atoms with Crippen LogP contribution in [0.5, 0.6) is 0 Å². The predicted molar refractivity (Wildman–Crippen MR) is 75.8 cm³/mol. The third-order valence-electron chi connectivity index (χ3n) is 4.26. The number of likely N-dealkylation sites (tertiary alicyclic amines) is 1. The molecule has 1 aromatic heterocycles. The van der Waals surface area contributed by atoms with Gasteiger partial charge in [0.1, 0.15) is 11.5 Å². The molecule has 5 heteroatoms. The van der Waals surface area contributed by atoms with Crippen molar-refractivity contribution in [1.29, 1.82) is 0 Å². The van der Waals surface area contributed by atoms with E-state index in [0.29, 0.717) is 5.92 Å².